The van der Waals surface area contributed by atoms with Crippen LogP contribution in [0.5, 0.6) is 5.75 Å². The van der Waals surface area contributed by atoms with Gasteiger partial charge in [-0.3, -0.25) is 9.36 Å². The van der Waals surface area contributed by atoms with Crippen LogP contribution in [0.25, 0.3) is 16.9 Å². The zero-order valence-corrected chi connectivity index (χ0v) is 17.9. The molecule has 0 aliphatic rings. The van der Waals surface area contributed by atoms with Crippen LogP contribution < -0.4 is 16.0 Å². The summed E-state index contributed by atoms with van der Waals surface area (Å²) in [6, 6.07) is 14.4. The predicted molar refractivity (Wildman–Crippen MR) is 119 cm³/mol. The zero-order chi connectivity index (χ0) is 22.0. The molecule has 2 aromatic heterocycles. The number of hydrogen-bond donors (Lipinski definition) is 0. The van der Waals surface area contributed by atoms with Gasteiger partial charge in [0.2, 0.25) is 0 Å². The quantitative estimate of drug-likeness (QED) is 0.441. The number of hydrogen-bond acceptors (Lipinski definition) is 5. The molecule has 0 atom stereocenters. The minimum atomic E-state index is -0.495. The molecule has 0 fully saturated rings. The third-order valence-corrected chi connectivity index (χ3v) is 5.40. The molecular formula is C22H21ClN4O4. The van der Waals surface area contributed by atoms with Crippen molar-refractivity contribution in [2.75, 3.05) is 20.8 Å². The molecule has 31 heavy (non-hydrogen) atoms. The van der Waals surface area contributed by atoms with E-state index in [-0.39, 0.29) is 18.8 Å². The number of rotatable bonds is 7. The SMILES string of the molecule is COCCn1c(=O)c2c(ncn2Cc2ccccc2Cl)n(-c2cccc(OC)c2)c1=O. The van der Waals surface area contributed by atoms with Gasteiger partial charge in [-0.1, -0.05) is 35.9 Å². The molecule has 0 bridgehead atoms. The maximum Gasteiger partial charge on any atom is 0.337 e. The van der Waals surface area contributed by atoms with Crippen LogP contribution in [0.15, 0.2) is 64.4 Å². The molecule has 4 rings (SSSR count). The molecule has 0 amide bonds. The Labute approximate surface area is 182 Å². The van der Waals surface area contributed by atoms with Crippen molar-refractivity contribution < 1.29 is 9.47 Å². The van der Waals surface area contributed by atoms with E-state index in [9.17, 15) is 9.59 Å². The Morgan fingerprint density at radius 2 is 1.87 bits per heavy atom. The number of imidazole rings is 1. The Hall–Kier alpha value is -3.36. The van der Waals surface area contributed by atoms with Crippen LogP contribution in [-0.2, 0) is 17.8 Å². The normalized spacial score (nSPS) is 11.2. The number of aromatic nitrogens is 4. The monoisotopic (exact) mass is 440 g/mol. The minimum Gasteiger partial charge on any atom is -0.497 e. The highest BCUT2D eigenvalue weighted by atomic mass is 35.5. The zero-order valence-electron chi connectivity index (χ0n) is 17.1. The molecule has 8 nitrogen and oxygen atoms in total. The molecule has 0 spiro atoms. The number of methoxy groups -OCH3 is 2. The summed E-state index contributed by atoms with van der Waals surface area (Å²) >= 11 is 6.31. The first-order valence-corrected chi connectivity index (χ1v) is 10.0. The molecule has 2 aromatic carbocycles. The van der Waals surface area contributed by atoms with Gasteiger partial charge in [0.1, 0.15) is 5.75 Å². The van der Waals surface area contributed by atoms with Crippen LogP contribution in [0, 0.1) is 0 Å². The summed E-state index contributed by atoms with van der Waals surface area (Å²) in [6.45, 7) is 0.675. The maximum absolute atomic E-state index is 13.3. The predicted octanol–water partition coefficient (Wildman–Crippen LogP) is 2.71. The van der Waals surface area contributed by atoms with E-state index >= 15 is 0 Å². The summed E-state index contributed by atoms with van der Waals surface area (Å²) in [7, 11) is 3.07. The summed E-state index contributed by atoms with van der Waals surface area (Å²) in [5, 5.41) is 0.588. The van der Waals surface area contributed by atoms with Gasteiger partial charge in [-0.05, 0) is 23.8 Å². The number of fused-ring (bicyclic) bond motifs is 1. The molecule has 0 aliphatic carbocycles. The van der Waals surface area contributed by atoms with Crippen molar-refractivity contribution in [1.29, 1.82) is 0 Å². The van der Waals surface area contributed by atoms with Gasteiger partial charge in [-0.15, -0.1) is 0 Å². The molecule has 160 valence electrons. The van der Waals surface area contributed by atoms with Crippen LogP contribution in [0.3, 0.4) is 0 Å². The van der Waals surface area contributed by atoms with Crippen molar-refractivity contribution in [3.63, 3.8) is 0 Å². The highest BCUT2D eigenvalue weighted by Gasteiger charge is 2.20. The first-order valence-electron chi connectivity index (χ1n) is 9.62. The van der Waals surface area contributed by atoms with Gasteiger partial charge in [0.05, 0.1) is 38.8 Å². The molecule has 0 N–H and O–H groups in total. The summed E-state index contributed by atoms with van der Waals surface area (Å²) in [5.41, 5.74) is 1.03. The number of ether oxygens (including phenoxy) is 2. The minimum absolute atomic E-state index is 0.116. The van der Waals surface area contributed by atoms with Gasteiger partial charge >= 0.3 is 5.69 Å². The van der Waals surface area contributed by atoms with Crippen LogP contribution in [0.1, 0.15) is 5.56 Å². The summed E-state index contributed by atoms with van der Waals surface area (Å²) in [6.07, 6.45) is 1.55. The second-order valence-electron chi connectivity index (χ2n) is 6.91. The van der Waals surface area contributed by atoms with E-state index in [1.54, 1.807) is 48.3 Å². The largest absolute Gasteiger partial charge is 0.497 e. The number of benzene rings is 2. The van der Waals surface area contributed by atoms with Gasteiger partial charge in [0.15, 0.2) is 11.2 Å². The smallest absolute Gasteiger partial charge is 0.337 e. The molecule has 0 saturated heterocycles. The Morgan fingerprint density at radius 1 is 1.06 bits per heavy atom. The Kier molecular flexibility index (Phi) is 5.92. The molecule has 9 heteroatoms. The van der Waals surface area contributed by atoms with Crippen molar-refractivity contribution in [3.05, 3.63) is 86.3 Å². The average Bonchev–Trinajstić information content (AvgIpc) is 3.19. The lowest BCUT2D eigenvalue weighted by Gasteiger charge is -2.13. The van der Waals surface area contributed by atoms with E-state index in [2.05, 4.69) is 4.98 Å². The fraction of sp³-hybridized carbons (Fsp3) is 0.227. The standard InChI is InChI=1S/C22H21ClN4O4/c1-30-11-10-26-21(28)19-20(24-14-25(19)13-15-6-3-4-9-18(15)23)27(22(26)29)16-7-5-8-17(12-16)31-2/h3-9,12,14H,10-11,13H2,1-2H3. The lowest BCUT2D eigenvalue weighted by molar-refractivity contribution is 0.184. The Balaban J connectivity index is 1.99. The molecule has 0 radical (unpaired) electrons. The van der Waals surface area contributed by atoms with Gasteiger partial charge in [0.25, 0.3) is 5.56 Å². The summed E-state index contributed by atoms with van der Waals surface area (Å²) in [4.78, 5) is 31.0. The van der Waals surface area contributed by atoms with Crippen molar-refractivity contribution >= 4 is 22.8 Å². The first kappa shape index (κ1) is 20.9. The third-order valence-electron chi connectivity index (χ3n) is 5.03. The van der Waals surface area contributed by atoms with E-state index in [0.717, 1.165) is 10.1 Å². The van der Waals surface area contributed by atoms with Gasteiger partial charge in [0, 0.05) is 18.2 Å². The van der Waals surface area contributed by atoms with Crippen molar-refractivity contribution in [2.24, 2.45) is 0 Å². The van der Waals surface area contributed by atoms with E-state index in [4.69, 9.17) is 21.1 Å². The van der Waals surface area contributed by atoms with Gasteiger partial charge in [-0.2, -0.15) is 0 Å². The molecule has 0 saturated carbocycles. The first-order chi connectivity index (χ1) is 15.0. The second-order valence-corrected chi connectivity index (χ2v) is 7.31. The number of halogens is 1. The average molecular weight is 441 g/mol. The van der Waals surface area contributed by atoms with Crippen LogP contribution >= 0.6 is 11.6 Å². The molecular weight excluding hydrogens is 420 g/mol. The summed E-state index contributed by atoms with van der Waals surface area (Å²) < 4.78 is 14.7. The third kappa shape index (κ3) is 3.87. The second kappa shape index (κ2) is 8.79. The van der Waals surface area contributed by atoms with E-state index < -0.39 is 11.2 Å². The number of nitrogens with zero attached hydrogens (tertiary/aromatic N) is 4. The van der Waals surface area contributed by atoms with Gasteiger partial charge < -0.3 is 14.0 Å². The van der Waals surface area contributed by atoms with E-state index in [1.165, 1.54) is 11.7 Å². The van der Waals surface area contributed by atoms with Gasteiger partial charge in [-0.25, -0.2) is 14.3 Å². The topological polar surface area (TPSA) is 80.3 Å². The lowest BCUT2D eigenvalue weighted by atomic mass is 10.2. The van der Waals surface area contributed by atoms with Crippen molar-refractivity contribution in [3.8, 4) is 11.4 Å². The highest BCUT2D eigenvalue weighted by molar-refractivity contribution is 6.31. The van der Waals surface area contributed by atoms with Crippen molar-refractivity contribution in [2.45, 2.75) is 13.1 Å². The fourth-order valence-electron chi connectivity index (χ4n) is 3.47. The maximum atomic E-state index is 13.3. The Morgan fingerprint density at radius 3 is 2.61 bits per heavy atom. The molecule has 0 unspecified atom stereocenters. The molecule has 4 aromatic rings. The van der Waals surface area contributed by atoms with E-state index in [1.807, 2.05) is 18.2 Å². The van der Waals surface area contributed by atoms with Crippen LogP contribution in [0.2, 0.25) is 5.02 Å². The summed E-state index contributed by atoms with van der Waals surface area (Å²) in [5.74, 6) is 0.586. The Bertz CT molecular complexity index is 1360. The van der Waals surface area contributed by atoms with Crippen molar-refractivity contribution in [1.82, 2.24) is 18.7 Å². The molecule has 2 heterocycles. The highest BCUT2D eigenvalue weighted by Crippen LogP contribution is 2.21. The fourth-order valence-corrected chi connectivity index (χ4v) is 3.67. The molecule has 0 aliphatic heterocycles. The van der Waals surface area contributed by atoms with E-state index in [0.29, 0.717) is 28.5 Å². The van der Waals surface area contributed by atoms with Crippen LogP contribution in [0.4, 0.5) is 0 Å². The lowest BCUT2D eigenvalue weighted by Crippen LogP contribution is -2.41. The van der Waals surface area contributed by atoms with Crippen LogP contribution in [-0.4, -0.2) is 39.5 Å².